The highest BCUT2D eigenvalue weighted by Crippen LogP contribution is 2.32. The topological polar surface area (TPSA) is 95.5 Å². The van der Waals surface area contributed by atoms with Crippen LogP contribution in [0.4, 0.5) is 4.79 Å². The summed E-state index contributed by atoms with van der Waals surface area (Å²) in [5, 5.41) is 13.4. The van der Waals surface area contributed by atoms with Crippen molar-refractivity contribution in [1.29, 1.82) is 0 Å². The van der Waals surface area contributed by atoms with E-state index in [0.29, 0.717) is 18.8 Å². The molecule has 0 aliphatic heterocycles. The van der Waals surface area contributed by atoms with Gasteiger partial charge in [-0.1, -0.05) is 13.3 Å². The first-order valence-corrected chi connectivity index (χ1v) is 6.35. The fourth-order valence-corrected chi connectivity index (χ4v) is 1.83. The lowest BCUT2D eigenvalue weighted by Gasteiger charge is -2.05. The molecule has 0 aromatic carbocycles. The number of hydrogen-bond donors (Lipinski definition) is 3. The van der Waals surface area contributed by atoms with Crippen LogP contribution in [-0.4, -0.2) is 29.1 Å². The molecule has 6 nitrogen and oxygen atoms in total. The minimum Gasteiger partial charge on any atom is -0.481 e. The molecule has 1 aliphatic rings. The maximum atomic E-state index is 11.4. The monoisotopic (exact) mass is 256 g/mol. The van der Waals surface area contributed by atoms with Crippen LogP contribution in [-0.2, 0) is 9.59 Å². The highest BCUT2D eigenvalue weighted by atomic mass is 16.4. The summed E-state index contributed by atoms with van der Waals surface area (Å²) in [5.74, 6) is -0.680. The summed E-state index contributed by atoms with van der Waals surface area (Å²) in [6.07, 6.45) is 3.18. The molecule has 3 amide bonds. The van der Waals surface area contributed by atoms with Crippen molar-refractivity contribution < 1.29 is 19.5 Å². The minimum atomic E-state index is -0.868. The Morgan fingerprint density at radius 2 is 1.89 bits per heavy atom. The Kier molecular flexibility index (Phi) is 5.61. The van der Waals surface area contributed by atoms with Crippen LogP contribution in [0.1, 0.15) is 45.4 Å². The second-order valence-electron chi connectivity index (χ2n) is 4.63. The van der Waals surface area contributed by atoms with Crippen LogP contribution in [0.15, 0.2) is 0 Å². The molecule has 0 bridgehead atoms. The van der Waals surface area contributed by atoms with Gasteiger partial charge in [-0.05, 0) is 25.2 Å². The highest BCUT2D eigenvalue weighted by molar-refractivity contribution is 5.94. The van der Waals surface area contributed by atoms with Gasteiger partial charge in [-0.15, -0.1) is 0 Å². The number of aliphatic carboxylic acids is 1. The number of rotatable bonds is 7. The lowest BCUT2D eigenvalue weighted by Crippen LogP contribution is -2.40. The van der Waals surface area contributed by atoms with Crippen molar-refractivity contribution in [3.8, 4) is 0 Å². The molecule has 0 aromatic rings. The van der Waals surface area contributed by atoms with Crippen molar-refractivity contribution in [3.05, 3.63) is 0 Å². The van der Waals surface area contributed by atoms with Gasteiger partial charge in [0.15, 0.2) is 0 Å². The Morgan fingerprint density at radius 1 is 1.22 bits per heavy atom. The number of urea groups is 1. The van der Waals surface area contributed by atoms with E-state index in [0.717, 1.165) is 12.8 Å². The number of unbranched alkanes of at least 4 members (excludes halogenated alkanes) is 1. The molecule has 102 valence electrons. The Hall–Kier alpha value is -1.59. The molecule has 1 aliphatic carbocycles. The highest BCUT2D eigenvalue weighted by Gasteiger charge is 2.36. The number of amides is 3. The van der Waals surface area contributed by atoms with E-state index in [4.69, 9.17) is 5.11 Å². The summed E-state index contributed by atoms with van der Waals surface area (Å²) < 4.78 is 0. The minimum absolute atomic E-state index is 0.0553. The molecule has 0 saturated heterocycles. The zero-order valence-electron chi connectivity index (χ0n) is 10.6. The van der Waals surface area contributed by atoms with Gasteiger partial charge in [0.25, 0.3) is 0 Å². The number of carboxylic acids is 1. The second-order valence-corrected chi connectivity index (χ2v) is 4.63. The quantitative estimate of drug-likeness (QED) is 0.597. The van der Waals surface area contributed by atoms with Gasteiger partial charge in [-0.25, -0.2) is 4.79 Å². The first-order chi connectivity index (χ1) is 8.52. The van der Waals surface area contributed by atoms with E-state index in [1.165, 1.54) is 0 Å². The third kappa shape index (κ3) is 5.65. The fraction of sp³-hybridized carbons (Fsp3) is 0.750. The molecular formula is C12H20N2O4. The first kappa shape index (κ1) is 14.5. The molecule has 6 heteroatoms. The number of carbonyl (C=O) groups excluding carboxylic acids is 2. The Labute approximate surface area is 106 Å². The summed E-state index contributed by atoms with van der Waals surface area (Å²) >= 11 is 0. The zero-order chi connectivity index (χ0) is 13.5. The maximum absolute atomic E-state index is 11.4. The van der Waals surface area contributed by atoms with Crippen molar-refractivity contribution in [2.45, 2.75) is 51.5 Å². The summed E-state index contributed by atoms with van der Waals surface area (Å²) in [6.45, 7) is 2.07. The molecule has 2 unspecified atom stereocenters. The van der Waals surface area contributed by atoms with Gasteiger partial charge in [0.05, 0.1) is 0 Å². The largest absolute Gasteiger partial charge is 0.481 e. The van der Waals surface area contributed by atoms with Crippen molar-refractivity contribution in [1.82, 2.24) is 10.6 Å². The number of nitrogens with one attached hydrogen (secondary N) is 2. The van der Waals surface area contributed by atoms with Crippen LogP contribution in [0.3, 0.4) is 0 Å². The van der Waals surface area contributed by atoms with Gasteiger partial charge in [-0.2, -0.15) is 0 Å². The van der Waals surface area contributed by atoms with E-state index in [-0.39, 0.29) is 24.8 Å². The molecule has 0 aromatic heterocycles. The fourth-order valence-electron chi connectivity index (χ4n) is 1.83. The van der Waals surface area contributed by atoms with Gasteiger partial charge in [0, 0.05) is 18.9 Å². The lowest BCUT2D eigenvalue weighted by atomic mass is 10.2. The van der Waals surface area contributed by atoms with Gasteiger partial charge in [0.2, 0.25) is 5.91 Å². The summed E-state index contributed by atoms with van der Waals surface area (Å²) in [6, 6.07) is -0.242. The molecule has 2 atom stereocenters. The van der Waals surface area contributed by atoms with Crippen LogP contribution < -0.4 is 10.6 Å². The molecule has 18 heavy (non-hydrogen) atoms. The molecular weight excluding hydrogens is 236 g/mol. The molecule has 1 rings (SSSR count). The summed E-state index contributed by atoms with van der Waals surface area (Å²) in [5.41, 5.74) is 0. The zero-order valence-corrected chi connectivity index (χ0v) is 10.6. The van der Waals surface area contributed by atoms with Gasteiger partial charge >= 0.3 is 12.0 Å². The van der Waals surface area contributed by atoms with Crippen LogP contribution in [0.5, 0.6) is 0 Å². The van der Waals surface area contributed by atoms with E-state index in [1.54, 1.807) is 0 Å². The van der Waals surface area contributed by atoms with E-state index in [9.17, 15) is 14.4 Å². The third-order valence-corrected chi connectivity index (χ3v) is 3.06. The Morgan fingerprint density at radius 3 is 2.44 bits per heavy atom. The van der Waals surface area contributed by atoms with Crippen molar-refractivity contribution >= 4 is 17.9 Å². The average Bonchev–Trinajstić information content (AvgIpc) is 3.02. The first-order valence-electron chi connectivity index (χ1n) is 6.35. The van der Waals surface area contributed by atoms with Crippen LogP contribution in [0.25, 0.3) is 0 Å². The standard InChI is InChI=1S/C12H20N2O4/c1-2-8-7-9(8)13-12(18)14-10(15)5-3-4-6-11(16)17/h8-9H,2-7H2,1H3,(H,16,17)(H2,13,14,15,18). The molecule has 1 fully saturated rings. The van der Waals surface area contributed by atoms with Gasteiger partial charge < -0.3 is 10.4 Å². The maximum Gasteiger partial charge on any atom is 0.321 e. The normalized spacial score (nSPS) is 21.2. The molecule has 3 N–H and O–H groups in total. The summed E-state index contributed by atoms with van der Waals surface area (Å²) in [4.78, 5) is 32.9. The van der Waals surface area contributed by atoms with E-state index in [1.807, 2.05) is 0 Å². The van der Waals surface area contributed by atoms with E-state index in [2.05, 4.69) is 17.6 Å². The van der Waals surface area contributed by atoms with Gasteiger partial charge in [0.1, 0.15) is 0 Å². The van der Waals surface area contributed by atoms with Crippen LogP contribution >= 0.6 is 0 Å². The lowest BCUT2D eigenvalue weighted by molar-refractivity contribution is -0.137. The molecule has 0 heterocycles. The predicted molar refractivity (Wildman–Crippen MR) is 65.0 cm³/mol. The molecule has 0 radical (unpaired) electrons. The van der Waals surface area contributed by atoms with E-state index < -0.39 is 12.0 Å². The van der Waals surface area contributed by atoms with Crippen LogP contribution in [0, 0.1) is 5.92 Å². The summed E-state index contributed by atoms with van der Waals surface area (Å²) in [7, 11) is 0. The number of carbonyl (C=O) groups is 3. The van der Waals surface area contributed by atoms with Crippen molar-refractivity contribution in [3.63, 3.8) is 0 Å². The van der Waals surface area contributed by atoms with Crippen LogP contribution in [0.2, 0.25) is 0 Å². The second kappa shape index (κ2) is 6.98. The van der Waals surface area contributed by atoms with Crippen molar-refractivity contribution in [2.24, 2.45) is 5.92 Å². The third-order valence-electron chi connectivity index (χ3n) is 3.06. The van der Waals surface area contributed by atoms with Crippen molar-refractivity contribution in [2.75, 3.05) is 0 Å². The number of carboxylic acid groups (broad SMARTS) is 1. The Balaban J connectivity index is 2.05. The molecule has 0 spiro atoms. The number of imide groups is 1. The number of hydrogen-bond acceptors (Lipinski definition) is 3. The molecule has 1 saturated carbocycles. The predicted octanol–water partition coefficient (Wildman–Crippen LogP) is 1.26. The average molecular weight is 256 g/mol. The van der Waals surface area contributed by atoms with E-state index >= 15 is 0 Å². The SMILES string of the molecule is CCC1CC1NC(=O)NC(=O)CCCCC(=O)O. The smallest absolute Gasteiger partial charge is 0.321 e. The van der Waals surface area contributed by atoms with Gasteiger partial charge in [-0.3, -0.25) is 14.9 Å². The Bertz CT molecular complexity index is 330.